The second-order valence-corrected chi connectivity index (χ2v) is 8.35. The summed E-state index contributed by atoms with van der Waals surface area (Å²) in [6.45, 7) is 7.81. The fraction of sp³-hybridized carbons (Fsp3) is 0.579. The minimum atomic E-state index is -0.492. The lowest BCUT2D eigenvalue weighted by molar-refractivity contribution is -0.134. The first-order valence-corrected chi connectivity index (χ1v) is 9.25. The molecule has 2 atom stereocenters. The zero-order chi connectivity index (χ0) is 18.2. The van der Waals surface area contributed by atoms with Gasteiger partial charge in [0.2, 0.25) is 5.91 Å². The van der Waals surface area contributed by atoms with Crippen molar-refractivity contribution in [2.45, 2.75) is 43.6 Å². The van der Waals surface area contributed by atoms with Crippen LogP contribution >= 0.6 is 12.6 Å². The van der Waals surface area contributed by atoms with Crippen LogP contribution in [0.4, 0.5) is 4.79 Å². The van der Waals surface area contributed by atoms with E-state index in [1.54, 1.807) is 4.90 Å². The van der Waals surface area contributed by atoms with E-state index in [1.165, 1.54) is 5.56 Å². The first-order valence-electron chi connectivity index (χ1n) is 8.80. The van der Waals surface area contributed by atoms with E-state index in [1.807, 2.05) is 37.8 Å². The Morgan fingerprint density at radius 2 is 1.60 bits per heavy atom. The molecule has 2 amide bonds. The van der Waals surface area contributed by atoms with Crippen LogP contribution in [-0.4, -0.2) is 53.6 Å². The zero-order valence-corrected chi connectivity index (χ0v) is 16.0. The number of ether oxygens (including phenoxy) is 1. The number of amides is 2. The van der Waals surface area contributed by atoms with Crippen molar-refractivity contribution >= 4 is 24.6 Å². The normalized spacial score (nSPS) is 23.4. The largest absolute Gasteiger partial charge is 0.444 e. The number of benzene rings is 1. The van der Waals surface area contributed by atoms with E-state index in [-0.39, 0.29) is 17.9 Å². The molecule has 0 radical (unpaired) electrons. The number of carbonyl (C=O) groups is 2. The molecule has 3 rings (SSSR count). The summed E-state index contributed by atoms with van der Waals surface area (Å²) in [7, 11) is 0. The summed E-state index contributed by atoms with van der Waals surface area (Å²) in [6, 6.07) is 8.05. The summed E-state index contributed by atoms with van der Waals surface area (Å²) in [5.74, 6) is 0.618. The van der Waals surface area contributed by atoms with E-state index < -0.39 is 5.60 Å². The molecule has 0 N–H and O–H groups in total. The topological polar surface area (TPSA) is 49.9 Å². The van der Waals surface area contributed by atoms with Crippen LogP contribution in [0.1, 0.15) is 38.7 Å². The monoisotopic (exact) mass is 362 g/mol. The molecule has 0 bridgehead atoms. The molecule has 1 heterocycles. The SMILES string of the molecule is CC(C)(C)OC(=O)N1CCN(C(=O)[C@H]2C[C@H]2c2ccc(S)cc2)CC1. The standard InChI is InChI=1S/C19H26N2O3S/c1-19(2,3)24-18(23)21-10-8-20(9-11-21)17(22)16-12-15(16)13-4-6-14(25)7-5-13/h4-7,15-16,25H,8-12H2,1-3H3/t15-,16-/m0/s1. The van der Waals surface area contributed by atoms with Gasteiger partial charge in [-0.3, -0.25) is 4.79 Å². The van der Waals surface area contributed by atoms with Crippen molar-refractivity contribution in [2.24, 2.45) is 5.92 Å². The van der Waals surface area contributed by atoms with Gasteiger partial charge in [0.25, 0.3) is 0 Å². The van der Waals surface area contributed by atoms with Gasteiger partial charge in [-0.05, 0) is 50.8 Å². The van der Waals surface area contributed by atoms with E-state index in [2.05, 4.69) is 24.8 Å². The smallest absolute Gasteiger partial charge is 0.410 e. The zero-order valence-electron chi connectivity index (χ0n) is 15.1. The van der Waals surface area contributed by atoms with Gasteiger partial charge in [0.15, 0.2) is 0 Å². The van der Waals surface area contributed by atoms with E-state index in [4.69, 9.17) is 4.74 Å². The summed E-state index contributed by atoms with van der Waals surface area (Å²) in [5.41, 5.74) is 0.719. The summed E-state index contributed by atoms with van der Waals surface area (Å²) in [6.07, 6.45) is 0.618. The summed E-state index contributed by atoms with van der Waals surface area (Å²) >= 11 is 4.30. The molecular formula is C19H26N2O3S. The third-order valence-electron chi connectivity index (χ3n) is 4.67. The van der Waals surface area contributed by atoms with E-state index in [0.29, 0.717) is 32.1 Å². The first kappa shape index (κ1) is 18.1. The van der Waals surface area contributed by atoms with Gasteiger partial charge in [0.1, 0.15) is 5.60 Å². The van der Waals surface area contributed by atoms with Crippen LogP contribution in [0.15, 0.2) is 29.2 Å². The summed E-state index contributed by atoms with van der Waals surface area (Å²) in [5, 5.41) is 0. The number of thiol groups is 1. The quantitative estimate of drug-likeness (QED) is 0.822. The molecule has 1 aromatic rings. The molecule has 2 fully saturated rings. The van der Waals surface area contributed by atoms with E-state index in [0.717, 1.165) is 11.3 Å². The number of rotatable bonds is 2. The highest BCUT2D eigenvalue weighted by Crippen LogP contribution is 2.48. The molecule has 1 aromatic carbocycles. The average Bonchev–Trinajstić information content (AvgIpc) is 3.34. The second kappa shape index (κ2) is 6.90. The van der Waals surface area contributed by atoms with Crippen molar-refractivity contribution in [3.8, 4) is 0 Å². The molecule has 136 valence electrons. The Labute approximate surface area is 154 Å². The van der Waals surface area contributed by atoms with Gasteiger partial charge in [-0.25, -0.2) is 4.79 Å². The van der Waals surface area contributed by atoms with Gasteiger partial charge in [-0.15, -0.1) is 12.6 Å². The number of piperazine rings is 1. The van der Waals surface area contributed by atoms with E-state index in [9.17, 15) is 9.59 Å². The Hall–Kier alpha value is -1.69. The maximum absolute atomic E-state index is 12.7. The van der Waals surface area contributed by atoms with Gasteiger partial charge in [-0.2, -0.15) is 0 Å². The van der Waals surface area contributed by atoms with Crippen molar-refractivity contribution in [1.82, 2.24) is 9.80 Å². The number of carbonyl (C=O) groups excluding carboxylic acids is 2. The van der Waals surface area contributed by atoms with Gasteiger partial charge in [0.05, 0.1) is 0 Å². The second-order valence-electron chi connectivity index (χ2n) is 7.83. The maximum Gasteiger partial charge on any atom is 0.410 e. The Morgan fingerprint density at radius 3 is 2.16 bits per heavy atom. The molecule has 0 spiro atoms. The van der Waals surface area contributed by atoms with E-state index >= 15 is 0 Å². The predicted octanol–water partition coefficient (Wildman–Crippen LogP) is 3.16. The molecule has 1 saturated carbocycles. The average molecular weight is 362 g/mol. The minimum Gasteiger partial charge on any atom is -0.444 e. The van der Waals surface area contributed by atoms with Crippen LogP contribution in [0.2, 0.25) is 0 Å². The highest BCUT2D eigenvalue weighted by molar-refractivity contribution is 7.80. The fourth-order valence-electron chi connectivity index (χ4n) is 3.23. The van der Waals surface area contributed by atoms with Crippen LogP contribution < -0.4 is 0 Å². The van der Waals surface area contributed by atoms with Crippen LogP contribution in [0.3, 0.4) is 0 Å². The number of nitrogens with zero attached hydrogens (tertiary/aromatic N) is 2. The van der Waals surface area contributed by atoms with Crippen molar-refractivity contribution < 1.29 is 14.3 Å². The molecule has 1 aliphatic heterocycles. The Balaban J connectivity index is 1.49. The number of hydrogen-bond acceptors (Lipinski definition) is 4. The van der Waals surface area contributed by atoms with Gasteiger partial charge >= 0.3 is 6.09 Å². The van der Waals surface area contributed by atoms with Crippen molar-refractivity contribution in [3.63, 3.8) is 0 Å². The van der Waals surface area contributed by atoms with Crippen molar-refractivity contribution in [1.29, 1.82) is 0 Å². The minimum absolute atomic E-state index is 0.0823. The summed E-state index contributed by atoms with van der Waals surface area (Å²) in [4.78, 5) is 29.3. The van der Waals surface area contributed by atoms with Crippen molar-refractivity contribution in [3.05, 3.63) is 29.8 Å². The molecular weight excluding hydrogens is 336 g/mol. The van der Waals surface area contributed by atoms with Crippen LogP contribution in [0.25, 0.3) is 0 Å². The highest BCUT2D eigenvalue weighted by Gasteiger charge is 2.46. The molecule has 2 aliphatic rings. The predicted molar refractivity (Wildman–Crippen MR) is 98.9 cm³/mol. The Morgan fingerprint density at radius 1 is 1.04 bits per heavy atom. The van der Waals surface area contributed by atoms with Gasteiger partial charge in [0, 0.05) is 37.0 Å². The Kier molecular flexibility index (Phi) is 5.00. The molecule has 0 aromatic heterocycles. The molecule has 0 unspecified atom stereocenters. The third-order valence-corrected chi connectivity index (χ3v) is 4.97. The van der Waals surface area contributed by atoms with Gasteiger partial charge in [-0.1, -0.05) is 12.1 Å². The van der Waals surface area contributed by atoms with Crippen LogP contribution in [0.5, 0.6) is 0 Å². The van der Waals surface area contributed by atoms with Crippen molar-refractivity contribution in [2.75, 3.05) is 26.2 Å². The lowest BCUT2D eigenvalue weighted by atomic mass is 10.1. The summed E-state index contributed by atoms with van der Waals surface area (Å²) < 4.78 is 5.39. The highest BCUT2D eigenvalue weighted by atomic mass is 32.1. The molecule has 25 heavy (non-hydrogen) atoms. The third kappa shape index (κ3) is 4.48. The lowest BCUT2D eigenvalue weighted by Gasteiger charge is -2.35. The van der Waals surface area contributed by atoms with Crippen LogP contribution in [-0.2, 0) is 9.53 Å². The fourth-order valence-corrected chi connectivity index (χ4v) is 3.38. The van der Waals surface area contributed by atoms with Gasteiger partial charge < -0.3 is 14.5 Å². The maximum atomic E-state index is 12.7. The molecule has 5 nitrogen and oxygen atoms in total. The molecule has 1 aliphatic carbocycles. The first-order chi connectivity index (χ1) is 11.7. The van der Waals surface area contributed by atoms with Crippen LogP contribution in [0, 0.1) is 5.92 Å². The number of hydrogen-bond donors (Lipinski definition) is 1. The Bertz CT molecular complexity index is 646. The molecule has 6 heteroatoms. The lowest BCUT2D eigenvalue weighted by Crippen LogP contribution is -2.52. The molecule has 1 saturated heterocycles.